The van der Waals surface area contributed by atoms with Gasteiger partial charge in [-0.15, -0.1) is 0 Å². The Morgan fingerprint density at radius 3 is 0.617 bits per heavy atom. The Bertz CT molecular complexity index is 2150. The highest BCUT2D eigenvalue weighted by Gasteiger charge is 2.21. The summed E-state index contributed by atoms with van der Waals surface area (Å²) < 4.78 is 0. The molecule has 0 saturated carbocycles. The summed E-state index contributed by atoms with van der Waals surface area (Å²) in [5.74, 6) is -8.68. The van der Waals surface area contributed by atoms with E-state index < -0.39 is 53.7 Å². The third kappa shape index (κ3) is 57.5. The number of carboxylic acids is 9. The first-order chi connectivity index (χ1) is 44.7. The fraction of sp³-hybridized carbons (Fsp3) is 0.828. The fourth-order valence-electron chi connectivity index (χ4n) is 10.8. The zero-order valence-corrected chi connectivity index (χ0v) is 56.6. The number of aliphatic carboxylic acids is 9. The molecule has 0 radical (unpaired) electrons. The molecule has 30 nitrogen and oxygen atoms in total. The molecule has 0 aromatic heterocycles. The van der Waals surface area contributed by atoms with Crippen molar-refractivity contribution in [3.05, 3.63) is 0 Å². The van der Waals surface area contributed by atoms with Gasteiger partial charge in [0.15, 0.2) is 0 Å². The lowest BCUT2D eigenvalue weighted by Crippen LogP contribution is -2.46. The van der Waals surface area contributed by atoms with E-state index in [4.69, 9.17) is 5.11 Å². The minimum atomic E-state index is -0.980. The number of hydrogen-bond donors (Lipinski definition) is 10. The molecule has 0 unspecified atom stereocenters. The molecule has 1 amide bonds. The number of rotatable bonds is 70. The van der Waals surface area contributed by atoms with Crippen LogP contribution in [0.2, 0.25) is 0 Å². The average molecular weight is 1350 g/mol. The van der Waals surface area contributed by atoms with Crippen LogP contribution in [0, 0.1) is 0 Å². The van der Waals surface area contributed by atoms with Gasteiger partial charge in [0.05, 0.1) is 6.54 Å². The van der Waals surface area contributed by atoms with E-state index >= 15 is 0 Å². The van der Waals surface area contributed by atoms with Crippen molar-refractivity contribution in [2.75, 3.05) is 183 Å². The SMILES string of the molecule is CC(=O)CNCCCCCCCN(CCCC(=O)O)CCN(CCCC(=O)O)CCN(CCCC(=O)O)CCN(CCCC(=O)O)CCN(CCCC(=O)O)CCN(CCCC(=O)O)CCN(CCCC(=O)O)CCN(CCCC(=O)O)CCN(CCCC(=O)O)C(C)=O. The molecular formula is C64H118N10O20. The molecule has 0 aliphatic heterocycles. The molecular weight excluding hydrogens is 1230 g/mol. The maximum Gasteiger partial charge on any atom is 0.303 e. The number of amides is 1. The lowest BCUT2D eigenvalue weighted by Gasteiger charge is -2.33. The van der Waals surface area contributed by atoms with E-state index in [1.807, 2.05) is 4.90 Å². The van der Waals surface area contributed by atoms with Crippen molar-refractivity contribution in [1.82, 2.24) is 49.4 Å². The Morgan fingerprint density at radius 2 is 0.404 bits per heavy atom. The second-order valence-electron chi connectivity index (χ2n) is 24.4. The predicted octanol–water partition coefficient (Wildman–Crippen LogP) is 3.16. The average Bonchev–Trinajstić information content (AvgIpc) is 3.53. The van der Waals surface area contributed by atoms with Crippen LogP contribution in [0.3, 0.4) is 0 Å². The number of Topliss-reactive ketones (excluding diaryl/α,β-unsaturated/α-hetero) is 1. The zero-order chi connectivity index (χ0) is 70.3. The number of nitrogens with one attached hydrogen (secondary N) is 1. The molecule has 10 N–H and O–H groups in total. The van der Waals surface area contributed by atoms with Gasteiger partial charge in [0.2, 0.25) is 5.91 Å². The summed E-state index contributed by atoms with van der Waals surface area (Å²) in [7, 11) is 0. The number of nitrogens with zero attached hydrogens (tertiary/aromatic N) is 9. The van der Waals surface area contributed by atoms with E-state index in [2.05, 4.69) is 39.6 Å². The van der Waals surface area contributed by atoms with E-state index in [1.165, 1.54) is 6.92 Å². The molecule has 30 heteroatoms. The fourth-order valence-corrected chi connectivity index (χ4v) is 10.8. The molecule has 0 aliphatic carbocycles. The zero-order valence-electron chi connectivity index (χ0n) is 56.6. The number of unbranched alkanes of at least 4 members (excludes halogenated alkanes) is 4. The van der Waals surface area contributed by atoms with Gasteiger partial charge >= 0.3 is 53.7 Å². The van der Waals surface area contributed by atoms with Gasteiger partial charge in [-0.3, -0.25) is 52.7 Å². The van der Waals surface area contributed by atoms with Gasteiger partial charge in [-0.25, -0.2) is 0 Å². The Balaban J connectivity index is 6.66. The molecule has 0 aromatic rings. The lowest BCUT2D eigenvalue weighted by molar-refractivity contribution is -0.138. The summed E-state index contributed by atoms with van der Waals surface area (Å²) >= 11 is 0. The maximum atomic E-state index is 12.5. The Morgan fingerprint density at radius 1 is 0.223 bits per heavy atom. The normalized spacial score (nSPS) is 11.7. The number of hydrogen-bond acceptors (Lipinski definition) is 20. The minimum absolute atomic E-state index is 0.0277. The monoisotopic (exact) mass is 1350 g/mol. The molecule has 0 heterocycles. The minimum Gasteiger partial charge on any atom is -0.481 e. The van der Waals surface area contributed by atoms with Crippen molar-refractivity contribution in [2.24, 2.45) is 0 Å². The highest BCUT2D eigenvalue weighted by Crippen LogP contribution is 2.11. The first kappa shape index (κ1) is 88.0. The van der Waals surface area contributed by atoms with Crippen molar-refractivity contribution >= 4 is 65.4 Å². The van der Waals surface area contributed by atoms with Gasteiger partial charge < -0.3 is 95.4 Å². The first-order valence-corrected chi connectivity index (χ1v) is 33.9. The summed E-state index contributed by atoms with van der Waals surface area (Å²) in [6.45, 7) is 16.0. The van der Waals surface area contributed by atoms with Crippen LogP contribution in [0.4, 0.5) is 0 Å². The highest BCUT2D eigenvalue weighted by atomic mass is 16.4. The van der Waals surface area contributed by atoms with E-state index in [9.17, 15) is 93.6 Å². The lowest BCUT2D eigenvalue weighted by atomic mass is 10.1. The number of carbonyl (C=O) groups is 11. The van der Waals surface area contributed by atoms with Gasteiger partial charge in [0, 0.05) is 176 Å². The summed E-state index contributed by atoms with van der Waals surface area (Å²) in [4.78, 5) is 147. The maximum absolute atomic E-state index is 12.5. The first-order valence-electron chi connectivity index (χ1n) is 33.9. The third-order valence-corrected chi connectivity index (χ3v) is 16.2. The van der Waals surface area contributed by atoms with E-state index in [-0.39, 0.29) is 89.0 Å². The van der Waals surface area contributed by atoms with Crippen LogP contribution in [0.5, 0.6) is 0 Å². The van der Waals surface area contributed by atoms with Crippen LogP contribution < -0.4 is 5.32 Å². The van der Waals surface area contributed by atoms with Crippen molar-refractivity contribution in [3.8, 4) is 0 Å². The molecule has 0 atom stereocenters. The van der Waals surface area contributed by atoms with Gasteiger partial charge in [-0.2, -0.15) is 0 Å². The molecule has 0 aliphatic rings. The van der Waals surface area contributed by atoms with Crippen LogP contribution in [0.15, 0.2) is 0 Å². The van der Waals surface area contributed by atoms with Crippen molar-refractivity contribution in [1.29, 1.82) is 0 Å². The second-order valence-corrected chi connectivity index (χ2v) is 24.4. The van der Waals surface area contributed by atoms with Gasteiger partial charge in [0.1, 0.15) is 5.78 Å². The molecule has 0 saturated heterocycles. The van der Waals surface area contributed by atoms with Crippen LogP contribution >= 0.6 is 0 Å². The molecule has 0 spiro atoms. The van der Waals surface area contributed by atoms with Crippen LogP contribution in [-0.4, -0.2) is 339 Å². The number of carbonyl (C=O) groups excluding carboxylic acids is 2. The number of carboxylic acid groups (broad SMARTS) is 9. The molecule has 544 valence electrons. The molecule has 94 heavy (non-hydrogen) atoms. The molecule has 0 aromatic carbocycles. The Kier molecular flexibility index (Phi) is 53.6. The topological polar surface area (TPSA) is 411 Å². The van der Waals surface area contributed by atoms with E-state index in [0.717, 1.165) is 45.2 Å². The predicted molar refractivity (Wildman–Crippen MR) is 352 cm³/mol. The van der Waals surface area contributed by atoms with E-state index in [0.29, 0.717) is 208 Å². The smallest absolute Gasteiger partial charge is 0.303 e. The van der Waals surface area contributed by atoms with Crippen molar-refractivity contribution in [3.63, 3.8) is 0 Å². The van der Waals surface area contributed by atoms with Gasteiger partial charge in [-0.1, -0.05) is 19.3 Å². The van der Waals surface area contributed by atoms with Crippen molar-refractivity contribution < 1.29 is 98.7 Å². The van der Waals surface area contributed by atoms with Gasteiger partial charge in [0.25, 0.3) is 0 Å². The van der Waals surface area contributed by atoms with Crippen LogP contribution in [-0.2, 0) is 52.7 Å². The second kappa shape index (κ2) is 57.3. The molecule has 0 bridgehead atoms. The van der Waals surface area contributed by atoms with Gasteiger partial charge in [-0.05, 0) is 143 Å². The quantitative estimate of drug-likeness (QED) is 0.0391. The Labute approximate surface area is 556 Å². The molecule has 0 rings (SSSR count). The summed E-state index contributed by atoms with van der Waals surface area (Å²) in [5.41, 5.74) is 0. The van der Waals surface area contributed by atoms with Crippen LogP contribution in [0.1, 0.15) is 162 Å². The highest BCUT2D eigenvalue weighted by molar-refractivity contribution is 5.77. The summed E-state index contributed by atoms with van der Waals surface area (Å²) in [5, 5.41) is 88.7. The standard InChI is InChI=1S/C64H118N10O20/c1-54(75)53-65-26-6-4-3-5-7-27-66(28-8-17-56(77)78)37-38-67(29-9-18-57(79)80)39-40-68(30-10-19-58(81)82)41-42-69(31-11-20-59(83)84)43-44-70(32-12-21-60(85)86)45-46-71(33-13-22-61(87)88)47-48-72(34-14-23-62(89)90)49-50-73(35-15-24-63(91)92)51-52-74(55(2)76)36-16-25-64(93)94/h65H,3-53H2,1-2H3,(H,77,78)(H,79,80)(H,81,82)(H,83,84)(H,85,86)(H,87,88)(H,89,90)(H,91,92)(H,93,94). The van der Waals surface area contributed by atoms with Crippen molar-refractivity contribution in [2.45, 2.75) is 162 Å². The summed E-state index contributed by atoms with van der Waals surface area (Å²) in [6, 6.07) is 0. The summed E-state index contributed by atoms with van der Waals surface area (Å²) in [6.07, 6.45) is 7.36. The van der Waals surface area contributed by atoms with Crippen LogP contribution in [0.25, 0.3) is 0 Å². The molecule has 0 fully saturated rings. The largest absolute Gasteiger partial charge is 0.481 e. The third-order valence-electron chi connectivity index (χ3n) is 16.2. The Hall–Kier alpha value is -5.99. The number of ketones is 1. The van der Waals surface area contributed by atoms with E-state index in [1.54, 1.807) is 11.8 Å².